The zero-order valence-electron chi connectivity index (χ0n) is 15.7. The maximum absolute atomic E-state index is 12.9. The first-order valence-electron chi connectivity index (χ1n) is 8.84. The lowest BCUT2D eigenvalue weighted by Crippen LogP contribution is -2.17. The van der Waals surface area contributed by atoms with Gasteiger partial charge in [0.2, 0.25) is 5.88 Å². The maximum Gasteiger partial charge on any atom is 0.356 e. The van der Waals surface area contributed by atoms with E-state index in [1.807, 2.05) is 30.3 Å². The first-order chi connectivity index (χ1) is 14.0. The number of methoxy groups -OCH3 is 1. The Balaban J connectivity index is 1.95. The van der Waals surface area contributed by atoms with Crippen molar-refractivity contribution < 1.29 is 29.3 Å². The number of hydrogen-bond acceptors (Lipinski definition) is 6. The van der Waals surface area contributed by atoms with E-state index in [0.717, 1.165) is 16.3 Å². The Morgan fingerprint density at radius 3 is 2.52 bits per heavy atom. The number of fused-ring (bicyclic) bond motifs is 1. The number of benzene rings is 2. The van der Waals surface area contributed by atoms with E-state index in [-0.39, 0.29) is 30.5 Å². The van der Waals surface area contributed by atoms with Crippen LogP contribution in [0.5, 0.6) is 5.88 Å². The molecule has 0 aliphatic rings. The number of aliphatic hydroxyl groups is 1. The SMILES string of the molecule is COCc1ccc(C(=O)Nc2ccc(OCCO)nc2C(=O)O)c2ccccc12. The molecule has 0 unspecified atom stereocenters. The Labute approximate surface area is 166 Å². The van der Waals surface area contributed by atoms with Crippen molar-refractivity contribution in [2.24, 2.45) is 0 Å². The average Bonchev–Trinajstić information content (AvgIpc) is 2.73. The topological polar surface area (TPSA) is 118 Å². The van der Waals surface area contributed by atoms with Crippen LogP contribution < -0.4 is 10.1 Å². The Morgan fingerprint density at radius 1 is 1.07 bits per heavy atom. The summed E-state index contributed by atoms with van der Waals surface area (Å²) in [6.07, 6.45) is 0. The normalized spacial score (nSPS) is 10.7. The molecule has 0 bridgehead atoms. The fourth-order valence-electron chi connectivity index (χ4n) is 2.97. The third-order valence-corrected chi connectivity index (χ3v) is 4.22. The molecule has 1 amide bonds. The molecule has 150 valence electrons. The number of aromatic nitrogens is 1. The summed E-state index contributed by atoms with van der Waals surface area (Å²) < 4.78 is 10.3. The minimum absolute atomic E-state index is 0.0163. The summed E-state index contributed by atoms with van der Waals surface area (Å²) in [7, 11) is 1.60. The highest BCUT2D eigenvalue weighted by molar-refractivity contribution is 6.14. The van der Waals surface area contributed by atoms with Crippen molar-refractivity contribution in [1.82, 2.24) is 4.98 Å². The Bertz CT molecular complexity index is 1050. The second-order valence-corrected chi connectivity index (χ2v) is 6.13. The number of ether oxygens (including phenoxy) is 2. The van der Waals surface area contributed by atoms with Gasteiger partial charge in [0.25, 0.3) is 5.91 Å². The Kier molecular flexibility index (Phi) is 6.38. The van der Waals surface area contributed by atoms with E-state index < -0.39 is 11.9 Å². The third-order valence-electron chi connectivity index (χ3n) is 4.22. The van der Waals surface area contributed by atoms with Gasteiger partial charge in [0.1, 0.15) is 6.61 Å². The van der Waals surface area contributed by atoms with Crippen LogP contribution in [0.2, 0.25) is 0 Å². The van der Waals surface area contributed by atoms with Crippen molar-refractivity contribution in [1.29, 1.82) is 0 Å². The van der Waals surface area contributed by atoms with Crippen molar-refractivity contribution in [3.05, 3.63) is 65.4 Å². The largest absolute Gasteiger partial charge is 0.476 e. The monoisotopic (exact) mass is 396 g/mol. The van der Waals surface area contributed by atoms with Gasteiger partial charge in [0, 0.05) is 18.7 Å². The van der Waals surface area contributed by atoms with Gasteiger partial charge in [-0.05, 0) is 28.5 Å². The number of aliphatic hydroxyl groups excluding tert-OH is 1. The number of nitrogens with zero attached hydrogens (tertiary/aromatic N) is 1. The third kappa shape index (κ3) is 4.50. The fourth-order valence-corrected chi connectivity index (χ4v) is 2.97. The van der Waals surface area contributed by atoms with Crippen molar-refractivity contribution in [3.8, 4) is 5.88 Å². The first-order valence-corrected chi connectivity index (χ1v) is 8.84. The van der Waals surface area contributed by atoms with Crippen LogP contribution in [-0.4, -0.2) is 47.4 Å². The molecular weight excluding hydrogens is 376 g/mol. The number of hydrogen-bond donors (Lipinski definition) is 3. The van der Waals surface area contributed by atoms with E-state index in [2.05, 4.69) is 10.3 Å². The predicted molar refractivity (Wildman–Crippen MR) is 106 cm³/mol. The summed E-state index contributed by atoms with van der Waals surface area (Å²) in [5.41, 5.74) is 1.04. The van der Waals surface area contributed by atoms with Gasteiger partial charge in [-0.25, -0.2) is 9.78 Å². The first kappa shape index (κ1) is 20.2. The molecule has 1 heterocycles. The van der Waals surface area contributed by atoms with E-state index in [9.17, 15) is 14.7 Å². The lowest BCUT2D eigenvalue weighted by atomic mass is 9.99. The molecule has 0 spiro atoms. The Morgan fingerprint density at radius 2 is 1.83 bits per heavy atom. The van der Waals surface area contributed by atoms with Crippen LogP contribution >= 0.6 is 0 Å². The Hall–Kier alpha value is -3.49. The molecule has 8 heteroatoms. The van der Waals surface area contributed by atoms with Gasteiger partial charge in [0.15, 0.2) is 5.69 Å². The minimum Gasteiger partial charge on any atom is -0.476 e. The molecule has 0 saturated carbocycles. The van der Waals surface area contributed by atoms with E-state index in [1.165, 1.54) is 12.1 Å². The summed E-state index contributed by atoms with van der Waals surface area (Å²) in [5.74, 6) is -1.72. The average molecular weight is 396 g/mol. The minimum atomic E-state index is -1.31. The van der Waals surface area contributed by atoms with E-state index in [0.29, 0.717) is 12.2 Å². The molecule has 1 aromatic heterocycles. The number of carbonyl (C=O) groups excluding carboxylic acids is 1. The lowest BCUT2D eigenvalue weighted by molar-refractivity contribution is 0.0690. The number of aromatic carboxylic acids is 1. The van der Waals surface area contributed by atoms with E-state index in [4.69, 9.17) is 14.6 Å². The quantitative estimate of drug-likeness (QED) is 0.536. The van der Waals surface area contributed by atoms with Gasteiger partial charge >= 0.3 is 5.97 Å². The number of carboxylic acid groups (broad SMARTS) is 1. The van der Waals surface area contributed by atoms with Gasteiger partial charge in [0.05, 0.1) is 18.9 Å². The van der Waals surface area contributed by atoms with E-state index in [1.54, 1.807) is 13.2 Å². The predicted octanol–water partition coefficient (Wildman–Crippen LogP) is 2.70. The molecule has 2 aromatic carbocycles. The van der Waals surface area contributed by atoms with Crippen LogP contribution in [0.25, 0.3) is 10.8 Å². The molecule has 3 rings (SSSR count). The van der Waals surface area contributed by atoms with Crippen molar-refractivity contribution in [2.45, 2.75) is 6.61 Å². The van der Waals surface area contributed by atoms with Gasteiger partial charge in [-0.3, -0.25) is 4.79 Å². The molecule has 0 saturated heterocycles. The van der Waals surface area contributed by atoms with Gasteiger partial charge in [-0.15, -0.1) is 0 Å². The number of carbonyl (C=O) groups is 2. The number of nitrogens with one attached hydrogen (secondary N) is 1. The summed E-state index contributed by atoms with van der Waals surface area (Å²) in [5, 5.41) is 22.5. The smallest absolute Gasteiger partial charge is 0.356 e. The summed E-state index contributed by atoms with van der Waals surface area (Å²) in [6, 6.07) is 13.7. The molecule has 0 fully saturated rings. The second-order valence-electron chi connectivity index (χ2n) is 6.13. The molecule has 3 N–H and O–H groups in total. The highest BCUT2D eigenvalue weighted by Crippen LogP contribution is 2.25. The van der Waals surface area contributed by atoms with Gasteiger partial charge in [-0.2, -0.15) is 0 Å². The number of anilines is 1. The fraction of sp³-hybridized carbons (Fsp3) is 0.190. The van der Waals surface area contributed by atoms with Crippen molar-refractivity contribution >= 4 is 28.3 Å². The van der Waals surface area contributed by atoms with Crippen LogP contribution in [0, 0.1) is 0 Å². The molecule has 0 radical (unpaired) electrons. The zero-order valence-corrected chi connectivity index (χ0v) is 15.7. The van der Waals surface area contributed by atoms with Crippen LogP contribution in [-0.2, 0) is 11.3 Å². The summed E-state index contributed by atoms with van der Waals surface area (Å²) in [6.45, 7) is 0.164. The molecule has 0 atom stereocenters. The number of carboxylic acids is 1. The highest BCUT2D eigenvalue weighted by atomic mass is 16.5. The molecule has 8 nitrogen and oxygen atoms in total. The zero-order chi connectivity index (χ0) is 20.8. The van der Waals surface area contributed by atoms with Crippen molar-refractivity contribution in [3.63, 3.8) is 0 Å². The van der Waals surface area contributed by atoms with Crippen molar-refractivity contribution in [2.75, 3.05) is 25.6 Å². The van der Waals surface area contributed by atoms with Crippen LogP contribution in [0.1, 0.15) is 26.4 Å². The molecule has 0 aliphatic carbocycles. The number of rotatable bonds is 8. The molecule has 0 aliphatic heterocycles. The lowest BCUT2D eigenvalue weighted by Gasteiger charge is -2.13. The van der Waals surface area contributed by atoms with Gasteiger partial charge in [-0.1, -0.05) is 30.3 Å². The second kappa shape index (κ2) is 9.13. The van der Waals surface area contributed by atoms with Crippen LogP contribution in [0.4, 0.5) is 5.69 Å². The summed E-state index contributed by atoms with van der Waals surface area (Å²) >= 11 is 0. The van der Waals surface area contributed by atoms with Crippen LogP contribution in [0.3, 0.4) is 0 Å². The number of amides is 1. The molecule has 29 heavy (non-hydrogen) atoms. The number of pyridine rings is 1. The van der Waals surface area contributed by atoms with Gasteiger partial charge < -0.3 is 25.0 Å². The van der Waals surface area contributed by atoms with Crippen LogP contribution in [0.15, 0.2) is 48.5 Å². The molecular formula is C21H20N2O6. The highest BCUT2D eigenvalue weighted by Gasteiger charge is 2.18. The summed E-state index contributed by atoms with van der Waals surface area (Å²) in [4.78, 5) is 28.4. The standard InChI is InChI=1S/C21H20N2O6/c1-28-12-13-6-7-16(15-5-3-2-4-14(13)15)20(25)22-17-8-9-18(29-11-10-24)23-19(17)21(26)27/h2-9,24H,10-12H2,1H3,(H,22,25)(H,26,27). The maximum atomic E-state index is 12.9. The molecule has 3 aromatic rings. The van der Waals surface area contributed by atoms with E-state index >= 15 is 0 Å².